The SMILES string of the molecule is COc1ccc2c(c1)OCCN(C(=O)c1cc(=O)[nH]o1)C2C(=O)Cc1cc(F)c([Si](C)(C)C)c(F)c1. The molecule has 8 nitrogen and oxygen atoms in total. The van der Waals surface area contributed by atoms with Gasteiger partial charge in [-0.1, -0.05) is 19.6 Å². The molecule has 36 heavy (non-hydrogen) atoms. The molecular weight excluding hydrogens is 490 g/mol. The van der Waals surface area contributed by atoms with Gasteiger partial charge in [0, 0.05) is 23.2 Å². The number of carbonyl (C=O) groups excluding carboxylic acids is 2. The zero-order valence-electron chi connectivity index (χ0n) is 20.3. The summed E-state index contributed by atoms with van der Waals surface area (Å²) in [6.45, 7) is 5.55. The van der Waals surface area contributed by atoms with Gasteiger partial charge in [0.05, 0.1) is 27.8 Å². The number of Topliss-reactive ketones (excluding diaryl/α,β-unsaturated/α-hetero) is 1. The molecule has 0 radical (unpaired) electrons. The Morgan fingerprint density at radius 1 is 1.14 bits per heavy atom. The minimum absolute atomic E-state index is 0.00158. The molecule has 0 aliphatic carbocycles. The summed E-state index contributed by atoms with van der Waals surface area (Å²) in [5.74, 6) is -2.01. The fraction of sp³-hybridized carbons (Fsp3) is 0.320. The molecular formula is C25H26F2N2O6Si. The lowest BCUT2D eigenvalue weighted by atomic mass is 9.95. The van der Waals surface area contributed by atoms with E-state index >= 15 is 0 Å². The van der Waals surface area contributed by atoms with E-state index in [9.17, 15) is 23.2 Å². The van der Waals surface area contributed by atoms with Crippen LogP contribution in [0, 0.1) is 11.6 Å². The molecule has 1 unspecified atom stereocenters. The quantitative estimate of drug-likeness (QED) is 0.505. The first-order chi connectivity index (χ1) is 17.0. The lowest BCUT2D eigenvalue weighted by molar-refractivity contribution is -0.123. The number of benzene rings is 2. The third kappa shape index (κ3) is 4.96. The van der Waals surface area contributed by atoms with E-state index in [1.807, 2.05) is 19.6 Å². The fourth-order valence-electron chi connectivity index (χ4n) is 4.38. The van der Waals surface area contributed by atoms with Crippen molar-refractivity contribution in [2.45, 2.75) is 32.1 Å². The Kier molecular flexibility index (Phi) is 6.85. The molecule has 0 saturated carbocycles. The van der Waals surface area contributed by atoms with Crippen LogP contribution in [0.5, 0.6) is 11.5 Å². The van der Waals surface area contributed by atoms with Gasteiger partial charge in [0.25, 0.3) is 11.5 Å². The molecule has 0 saturated heterocycles. The fourth-order valence-corrected chi connectivity index (χ4v) is 5.96. The number of hydrogen-bond acceptors (Lipinski definition) is 6. The van der Waals surface area contributed by atoms with Crippen LogP contribution in [0.2, 0.25) is 19.6 Å². The van der Waals surface area contributed by atoms with Crippen LogP contribution < -0.4 is 20.2 Å². The maximum Gasteiger partial charge on any atom is 0.293 e. The number of aromatic amines is 1. The second-order valence-corrected chi connectivity index (χ2v) is 14.6. The first-order valence-corrected chi connectivity index (χ1v) is 14.8. The standard InChI is InChI=1S/C25H26F2N2O6Si/c1-33-15-5-6-16-20(12-15)34-8-7-29(25(32)21-13-22(31)28-35-21)23(16)19(30)11-14-9-17(26)24(18(27)10-14)36(2,3)4/h5-6,9-10,12-13,23H,7-8,11H2,1-4H3,(H,28,31). The van der Waals surface area contributed by atoms with Crippen molar-refractivity contribution in [3.8, 4) is 11.5 Å². The van der Waals surface area contributed by atoms with Crippen molar-refractivity contribution in [2.24, 2.45) is 0 Å². The van der Waals surface area contributed by atoms with Crippen molar-refractivity contribution >= 4 is 25.0 Å². The van der Waals surface area contributed by atoms with Crippen LogP contribution in [0.4, 0.5) is 8.78 Å². The Bertz CT molecular complexity index is 1350. The van der Waals surface area contributed by atoms with E-state index in [2.05, 4.69) is 5.16 Å². The van der Waals surface area contributed by atoms with Crippen LogP contribution >= 0.6 is 0 Å². The summed E-state index contributed by atoms with van der Waals surface area (Å²) in [7, 11) is -0.813. The van der Waals surface area contributed by atoms with Crippen molar-refractivity contribution in [2.75, 3.05) is 20.3 Å². The number of hydrogen-bond donors (Lipinski definition) is 1. The van der Waals surface area contributed by atoms with Gasteiger partial charge >= 0.3 is 0 Å². The van der Waals surface area contributed by atoms with Crippen molar-refractivity contribution in [1.82, 2.24) is 10.1 Å². The van der Waals surface area contributed by atoms with Gasteiger partial charge in [-0.15, -0.1) is 0 Å². The van der Waals surface area contributed by atoms with E-state index in [1.165, 1.54) is 24.1 Å². The normalized spacial score (nSPS) is 15.6. The van der Waals surface area contributed by atoms with E-state index in [-0.39, 0.29) is 36.1 Å². The second-order valence-electron chi connectivity index (χ2n) is 9.56. The summed E-state index contributed by atoms with van der Waals surface area (Å²) in [5.41, 5.74) is -0.0760. The predicted octanol–water partition coefficient (Wildman–Crippen LogP) is 3.19. The van der Waals surface area contributed by atoms with Gasteiger partial charge in [0.1, 0.15) is 35.8 Å². The molecule has 1 atom stereocenters. The highest BCUT2D eigenvalue weighted by Gasteiger charge is 2.37. The summed E-state index contributed by atoms with van der Waals surface area (Å²) < 4.78 is 45.7. The van der Waals surface area contributed by atoms with E-state index in [4.69, 9.17) is 14.0 Å². The number of methoxy groups -OCH3 is 1. The number of nitrogens with zero attached hydrogens (tertiary/aromatic N) is 1. The predicted molar refractivity (Wildman–Crippen MR) is 130 cm³/mol. The van der Waals surface area contributed by atoms with Gasteiger partial charge in [-0.2, -0.15) is 5.16 Å². The van der Waals surface area contributed by atoms with Crippen LogP contribution in [0.1, 0.15) is 27.7 Å². The molecule has 2 aromatic carbocycles. The number of rotatable bonds is 6. The van der Waals surface area contributed by atoms with Crippen LogP contribution in [-0.2, 0) is 11.2 Å². The minimum Gasteiger partial charge on any atom is -0.497 e. The van der Waals surface area contributed by atoms with Gasteiger partial charge < -0.3 is 18.9 Å². The van der Waals surface area contributed by atoms with Crippen LogP contribution in [-0.4, -0.2) is 50.1 Å². The average Bonchev–Trinajstić information content (AvgIpc) is 3.13. The molecule has 1 aliphatic heterocycles. The molecule has 0 spiro atoms. The molecule has 0 fully saturated rings. The van der Waals surface area contributed by atoms with Crippen molar-refractivity contribution in [1.29, 1.82) is 0 Å². The molecule has 1 aliphatic rings. The molecule has 0 bridgehead atoms. The smallest absolute Gasteiger partial charge is 0.293 e. The highest BCUT2D eigenvalue weighted by Crippen LogP contribution is 2.37. The Morgan fingerprint density at radius 3 is 2.42 bits per heavy atom. The van der Waals surface area contributed by atoms with Crippen LogP contribution in [0.15, 0.2) is 45.7 Å². The number of fused-ring (bicyclic) bond motifs is 1. The van der Waals surface area contributed by atoms with Gasteiger partial charge in [-0.25, -0.2) is 8.78 Å². The zero-order valence-corrected chi connectivity index (χ0v) is 21.3. The van der Waals surface area contributed by atoms with Crippen molar-refractivity contribution < 1.29 is 32.4 Å². The number of amides is 1. The number of H-pyrrole nitrogens is 1. The number of nitrogens with one attached hydrogen (secondary N) is 1. The molecule has 3 aromatic rings. The lowest BCUT2D eigenvalue weighted by Crippen LogP contribution is -2.43. The highest BCUT2D eigenvalue weighted by atomic mass is 28.3. The van der Waals surface area contributed by atoms with Gasteiger partial charge in [0.15, 0.2) is 5.78 Å². The number of carbonyl (C=O) groups is 2. The van der Waals surface area contributed by atoms with Gasteiger partial charge in [-0.05, 0) is 29.8 Å². The summed E-state index contributed by atoms with van der Waals surface area (Å²) in [6.07, 6.45) is -0.336. The topological polar surface area (TPSA) is 102 Å². The summed E-state index contributed by atoms with van der Waals surface area (Å²) in [5, 5.41) is 2.13. The van der Waals surface area contributed by atoms with Crippen molar-refractivity contribution in [3.05, 3.63) is 75.3 Å². The first kappa shape index (κ1) is 25.4. The van der Waals surface area contributed by atoms with E-state index in [1.54, 1.807) is 18.2 Å². The zero-order chi connectivity index (χ0) is 26.2. The van der Waals surface area contributed by atoms with Gasteiger partial charge in [-0.3, -0.25) is 14.4 Å². The molecule has 11 heteroatoms. The Morgan fingerprint density at radius 2 is 1.83 bits per heavy atom. The molecule has 2 heterocycles. The molecule has 4 rings (SSSR count). The van der Waals surface area contributed by atoms with Gasteiger partial charge in [0.2, 0.25) is 5.76 Å². The Hall–Kier alpha value is -3.73. The molecule has 1 amide bonds. The van der Waals surface area contributed by atoms with E-state index in [0.717, 1.165) is 6.07 Å². The highest BCUT2D eigenvalue weighted by molar-refractivity contribution is 6.88. The Labute approximate surface area is 206 Å². The average molecular weight is 517 g/mol. The van der Waals surface area contributed by atoms with E-state index < -0.39 is 43.0 Å². The largest absolute Gasteiger partial charge is 0.497 e. The number of ketones is 1. The maximum absolute atomic E-state index is 14.9. The summed E-state index contributed by atoms with van der Waals surface area (Å²) in [6, 6.07) is 7.00. The number of halogens is 2. The maximum atomic E-state index is 14.9. The first-order valence-electron chi connectivity index (χ1n) is 11.3. The number of aromatic nitrogens is 1. The lowest BCUT2D eigenvalue weighted by Gasteiger charge is -2.28. The second kappa shape index (κ2) is 9.73. The summed E-state index contributed by atoms with van der Waals surface area (Å²) >= 11 is 0. The molecule has 190 valence electrons. The molecule has 1 aromatic heterocycles. The minimum atomic E-state index is -2.30. The molecule has 1 N–H and O–H groups in total. The third-order valence-electron chi connectivity index (χ3n) is 5.95. The van der Waals surface area contributed by atoms with Crippen LogP contribution in [0.25, 0.3) is 0 Å². The summed E-state index contributed by atoms with van der Waals surface area (Å²) in [4.78, 5) is 39.7. The van der Waals surface area contributed by atoms with Crippen molar-refractivity contribution in [3.63, 3.8) is 0 Å². The monoisotopic (exact) mass is 516 g/mol. The Balaban J connectivity index is 1.75. The third-order valence-corrected chi connectivity index (χ3v) is 7.93. The van der Waals surface area contributed by atoms with Crippen LogP contribution in [0.3, 0.4) is 0 Å². The van der Waals surface area contributed by atoms with E-state index in [0.29, 0.717) is 17.1 Å². The number of ether oxygens (including phenoxy) is 2.